The highest BCUT2D eigenvalue weighted by Gasteiger charge is 2.10. The van der Waals surface area contributed by atoms with Gasteiger partial charge in [-0.1, -0.05) is 25.1 Å². The second kappa shape index (κ2) is 5.18. The van der Waals surface area contributed by atoms with Gasteiger partial charge in [0, 0.05) is 17.4 Å². The zero-order chi connectivity index (χ0) is 14.9. The van der Waals surface area contributed by atoms with Crippen LogP contribution in [0.2, 0.25) is 0 Å². The minimum Gasteiger partial charge on any atom is -0.369 e. The molecule has 3 heterocycles. The Labute approximate surface area is 128 Å². The molecule has 3 aromatic heterocycles. The molecule has 5 heteroatoms. The molecule has 0 unspecified atom stereocenters. The second-order valence-corrected chi connectivity index (χ2v) is 5.33. The van der Waals surface area contributed by atoms with Gasteiger partial charge in [-0.2, -0.15) is 0 Å². The van der Waals surface area contributed by atoms with Gasteiger partial charge >= 0.3 is 0 Å². The summed E-state index contributed by atoms with van der Waals surface area (Å²) in [5.74, 6) is 0.865. The molecule has 0 saturated carbocycles. The SMILES string of the molecule is CCCNc1ccc2ncc(-c3cc4ccccc4[nH]3)n2n1. The van der Waals surface area contributed by atoms with Crippen molar-refractivity contribution in [3.63, 3.8) is 0 Å². The second-order valence-electron chi connectivity index (χ2n) is 5.33. The summed E-state index contributed by atoms with van der Waals surface area (Å²) in [7, 11) is 0. The maximum Gasteiger partial charge on any atom is 0.154 e. The molecule has 0 aliphatic heterocycles. The number of hydrogen-bond acceptors (Lipinski definition) is 3. The molecule has 110 valence electrons. The van der Waals surface area contributed by atoms with E-state index >= 15 is 0 Å². The number of imidazole rings is 1. The van der Waals surface area contributed by atoms with Gasteiger partial charge in [-0.05, 0) is 30.7 Å². The first-order valence-corrected chi connectivity index (χ1v) is 7.52. The van der Waals surface area contributed by atoms with E-state index in [1.54, 1.807) is 0 Å². The largest absolute Gasteiger partial charge is 0.369 e. The van der Waals surface area contributed by atoms with Crippen molar-refractivity contribution in [2.75, 3.05) is 11.9 Å². The van der Waals surface area contributed by atoms with Gasteiger partial charge in [0.15, 0.2) is 5.65 Å². The van der Waals surface area contributed by atoms with E-state index in [9.17, 15) is 0 Å². The third-order valence-corrected chi connectivity index (χ3v) is 3.72. The Kier molecular flexibility index (Phi) is 3.04. The molecule has 4 aromatic rings. The number of hydrogen-bond donors (Lipinski definition) is 2. The Bertz CT molecular complexity index is 901. The van der Waals surface area contributed by atoms with Crippen molar-refractivity contribution in [2.45, 2.75) is 13.3 Å². The van der Waals surface area contributed by atoms with Crippen LogP contribution in [0.3, 0.4) is 0 Å². The molecule has 0 aliphatic carbocycles. The average Bonchev–Trinajstić information content (AvgIpc) is 3.15. The van der Waals surface area contributed by atoms with Crippen molar-refractivity contribution < 1.29 is 0 Å². The van der Waals surface area contributed by atoms with E-state index < -0.39 is 0 Å². The number of nitrogens with one attached hydrogen (secondary N) is 2. The predicted octanol–water partition coefficient (Wildman–Crippen LogP) is 3.70. The average molecular weight is 291 g/mol. The number of anilines is 1. The Hall–Kier alpha value is -2.82. The summed E-state index contributed by atoms with van der Waals surface area (Å²) in [6, 6.07) is 14.3. The van der Waals surface area contributed by atoms with Crippen LogP contribution in [0.25, 0.3) is 27.9 Å². The van der Waals surface area contributed by atoms with E-state index in [0.29, 0.717) is 0 Å². The minimum absolute atomic E-state index is 0.843. The van der Waals surface area contributed by atoms with Crippen LogP contribution in [0, 0.1) is 0 Å². The lowest BCUT2D eigenvalue weighted by atomic mass is 10.2. The zero-order valence-electron chi connectivity index (χ0n) is 12.4. The molecular weight excluding hydrogens is 274 g/mol. The van der Waals surface area contributed by atoms with E-state index in [4.69, 9.17) is 0 Å². The molecule has 0 radical (unpaired) electrons. The highest BCUT2D eigenvalue weighted by Crippen LogP contribution is 2.24. The quantitative estimate of drug-likeness (QED) is 0.603. The summed E-state index contributed by atoms with van der Waals surface area (Å²) >= 11 is 0. The summed E-state index contributed by atoms with van der Waals surface area (Å²) in [5.41, 5.74) is 3.95. The van der Waals surface area contributed by atoms with Crippen LogP contribution in [0.4, 0.5) is 5.82 Å². The van der Waals surface area contributed by atoms with Gasteiger partial charge in [-0.15, -0.1) is 5.10 Å². The van der Waals surface area contributed by atoms with E-state index in [2.05, 4.69) is 45.5 Å². The summed E-state index contributed by atoms with van der Waals surface area (Å²) in [6.07, 6.45) is 2.93. The van der Waals surface area contributed by atoms with Crippen LogP contribution in [-0.2, 0) is 0 Å². The lowest BCUT2D eigenvalue weighted by Crippen LogP contribution is -2.05. The van der Waals surface area contributed by atoms with Crippen LogP contribution >= 0.6 is 0 Å². The highest BCUT2D eigenvalue weighted by molar-refractivity contribution is 5.85. The molecule has 5 nitrogen and oxygen atoms in total. The first-order chi connectivity index (χ1) is 10.8. The first kappa shape index (κ1) is 12.9. The van der Waals surface area contributed by atoms with Crippen molar-refractivity contribution in [2.24, 2.45) is 0 Å². The maximum atomic E-state index is 4.64. The fourth-order valence-electron chi connectivity index (χ4n) is 2.62. The molecule has 4 rings (SSSR count). The van der Waals surface area contributed by atoms with Crippen LogP contribution in [0.1, 0.15) is 13.3 Å². The van der Waals surface area contributed by atoms with Gasteiger partial charge < -0.3 is 10.3 Å². The molecule has 0 atom stereocenters. The molecule has 0 saturated heterocycles. The van der Waals surface area contributed by atoms with Crippen molar-refractivity contribution in [3.8, 4) is 11.4 Å². The van der Waals surface area contributed by atoms with E-state index in [1.165, 1.54) is 5.39 Å². The molecule has 0 fully saturated rings. The Morgan fingerprint density at radius 2 is 2.09 bits per heavy atom. The topological polar surface area (TPSA) is 58.0 Å². The number of rotatable bonds is 4. The lowest BCUT2D eigenvalue weighted by molar-refractivity contribution is 0.908. The lowest BCUT2D eigenvalue weighted by Gasteiger charge is -2.05. The Morgan fingerprint density at radius 1 is 1.18 bits per heavy atom. The van der Waals surface area contributed by atoms with Crippen molar-refractivity contribution in [1.29, 1.82) is 0 Å². The van der Waals surface area contributed by atoms with Gasteiger partial charge in [0.2, 0.25) is 0 Å². The number of aromatic amines is 1. The normalized spacial score (nSPS) is 11.3. The summed E-state index contributed by atoms with van der Waals surface area (Å²) in [5, 5.41) is 9.14. The molecule has 1 aromatic carbocycles. The number of fused-ring (bicyclic) bond motifs is 2. The number of benzene rings is 1. The van der Waals surface area contributed by atoms with Crippen molar-refractivity contribution in [1.82, 2.24) is 19.6 Å². The maximum absolute atomic E-state index is 4.64. The van der Waals surface area contributed by atoms with Gasteiger partial charge in [0.1, 0.15) is 11.5 Å². The summed E-state index contributed by atoms with van der Waals surface area (Å²) in [4.78, 5) is 7.87. The monoisotopic (exact) mass is 291 g/mol. The third-order valence-electron chi connectivity index (χ3n) is 3.72. The van der Waals surface area contributed by atoms with E-state index in [1.807, 2.05) is 35.0 Å². The van der Waals surface area contributed by atoms with Gasteiger partial charge in [-0.25, -0.2) is 9.50 Å². The molecule has 0 amide bonds. The molecule has 0 aliphatic rings. The number of nitrogens with zero attached hydrogens (tertiary/aromatic N) is 3. The molecule has 2 N–H and O–H groups in total. The van der Waals surface area contributed by atoms with Crippen LogP contribution in [0.5, 0.6) is 0 Å². The first-order valence-electron chi connectivity index (χ1n) is 7.52. The van der Waals surface area contributed by atoms with Crippen molar-refractivity contribution in [3.05, 3.63) is 48.7 Å². The Balaban J connectivity index is 1.83. The number of para-hydroxylation sites is 1. The minimum atomic E-state index is 0.843. The number of H-pyrrole nitrogens is 1. The standard InChI is InChI=1S/C17H17N5/c1-2-9-18-16-7-8-17-19-11-15(22(17)21-16)14-10-12-5-3-4-6-13(12)20-14/h3-8,10-11,20H,2,9H2,1H3,(H,18,21). The van der Waals surface area contributed by atoms with E-state index in [0.717, 1.165) is 41.3 Å². The highest BCUT2D eigenvalue weighted by atomic mass is 15.3. The van der Waals surface area contributed by atoms with Gasteiger partial charge in [0.05, 0.1) is 11.9 Å². The van der Waals surface area contributed by atoms with Crippen LogP contribution in [-0.4, -0.2) is 26.1 Å². The fraction of sp³-hybridized carbons (Fsp3) is 0.176. The van der Waals surface area contributed by atoms with Gasteiger partial charge in [-0.3, -0.25) is 0 Å². The summed E-state index contributed by atoms with van der Waals surface area (Å²) < 4.78 is 1.88. The molecule has 22 heavy (non-hydrogen) atoms. The van der Waals surface area contributed by atoms with Gasteiger partial charge in [0.25, 0.3) is 0 Å². The van der Waals surface area contributed by atoms with Crippen LogP contribution < -0.4 is 5.32 Å². The molecule has 0 spiro atoms. The smallest absolute Gasteiger partial charge is 0.154 e. The third kappa shape index (κ3) is 2.11. The fourth-order valence-corrected chi connectivity index (χ4v) is 2.62. The van der Waals surface area contributed by atoms with E-state index in [-0.39, 0.29) is 0 Å². The van der Waals surface area contributed by atoms with Crippen molar-refractivity contribution >= 4 is 22.4 Å². The summed E-state index contributed by atoms with van der Waals surface area (Å²) in [6.45, 7) is 3.05. The molecular formula is C17H17N5. The van der Waals surface area contributed by atoms with Crippen LogP contribution in [0.15, 0.2) is 48.7 Å². The zero-order valence-corrected chi connectivity index (χ0v) is 12.4. The Morgan fingerprint density at radius 3 is 2.95 bits per heavy atom. The predicted molar refractivity (Wildman–Crippen MR) is 89.1 cm³/mol. The molecule has 0 bridgehead atoms. The number of aromatic nitrogens is 4.